The number of alkyl halides is 2. The molecule has 13 heavy (non-hydrogen) atoms. The van der Waals surface area contributed by atoms with Gasteiger partial charge in [0, 0.05) is 6.07 Å². The highest BCUT2D eigenvalue weighted by molar-refractivity contribution is 9.10. The van der Waals surface area contributed by atoms with Crippen molar-refractivity contribution in [1.82, 2.24) is 4.98 Å². The molecule has 0 aliphatic carbocycles. The summed E-state index contributed by atoms with van der Waals surface area (Å²) in [4.78, 5) is 13.3. The average molecular weight is 254 g/mol. The lowest BCUT2D eigenvalue weighted by atomic mass is 10.3. The second kappa shape index (κ2) is 3.97. The van der Waals surface area contributed by atoms with Crippen molar-refractivity contribution in [3.63, 3.8) is 0 Å². The van der Waals surface area contributed by atoms with E-state index in [-0.39, 0.29) is 10.2 Å². The number of aromatic amines is 1. The van der Waals surface area contributed by atoms with E-state index < -0.39 is 24.2 Å². The minimum absolute atomic E-state index is 0.0581. The Balaban J connectivity index is 3.31. The minimum Gasteiger partial charge on any atom is -0.390 e. The van der Waals surface area contributed by atoms with Crippen molar-refractivity contribution in [2.24, 2.45) is 0 Å². The molecule has 0 fully saturated rings. The van der Waals surface area contributed by atoms with E-state index in [1.165, 1.54) is 0 Å². The fourth-order valence-electron chi connectivity index (χ4n) is 0.845. The van der Waals surface area contributed by atoms with Crippen molar-refractivity contribution < 1.29 is 13.9 Å². The van der Waals surface area contributed by atoms with Gasteiger partial charge in [0.2, 0.25) is 0 Å². The molecule has 72 valence electrons. The summed E-state index contributed by atoms with van der Waals surface area (Å²) in [6, 6.07) is 0.800. The Hall–Kier alpha value is -0.750. The SMILES string of the molecule is O=c1cc(C(F)F)[nH]c(CO)c1Br. The quantitative estimate of drug-likeness (QED) is 0.841. The van der Waals surface area contributed by atoms with Gasteiger partial charge in [-0.25, -0.2) is 8.78 Å². The van der Waals surface area contributed by atoms with Gasteiger partial charge in [-0.1, -0.05) is 0 Å². The van der Waals surface area contributed by atoms with Crippen LogP contribution in [0.5, 0.6) is 0 Å². The van der Waals surface area contributed by atoms with Crippen molar-refractivity contribution in [3.05, 3.63) is 32.2 Å². The molecule has 1 aromatic rings. The van der Waals surface area contributed by atoms with Gasteiger partial charge < -0.3 is 10.1 Å². The summed E-state index contributed by atoms with van der Waals surface area (Å²) in [5.74, 6) is 0. The fourth-order valence-corrected chi connectivity index (χ4v) is 1.18. The zero-order valence-corrected chi connectivity index (χ0v) is 7.94. The van der Waals surface area contributed by atoms with Crippen molar-refractivity contribution in [1.29, 1.82) is 0 Å². The summed E-state index contributed by atoms with van der Waals surface area (Å²) in [6.45, 7) is -0.490. The lowest BCUT2D eigenvalue weighted by Crippen LogP contribution is -2.10. The molecule has 1 aromatic heterocycles. The van der Waals surface area contributed by atoms with Crippen LogP contribution in [0.15, 0.2) is 15.3 Å². The molecular formula is C7H6BrF2NO2. The summed E-state index contributed by atoms with van der Waals surface area (Å²) in [6.07, 6.45) is -2.74. The number of halogens is 3. The number of pyridine rings is 1. The molecular weight excluding hydrogens is 248 g/mol. The monoisotopic (exact) mass is 253 g/mol. The highest BCUT2D eigenvalue weighted by Gasteiger charge is 2.12. The summed E-state index contributed by atoms with van der Waals surface area (Å²) in [7, 11) is 0. The molecule has 1 heterocycles. The van der Waals surface area contributed by atoms with E-state index in [1.807, 2.05) is 0 Å². The third kappa shape index (κ3) is 2.13. The molecule has 0 amide bonds. The van der Waals surface area contributed by atoms with Crippen LogP contribution in [0.4, 0.5) is 8.78 Å². The van der Waals surface area contributed by atoms with E-state index in [9.17, 15) is 13.6 Å². The van der Waals surface area contributed by atoms with E-state index in [1.54, 1.807) is 0 Å². The maximum atomic E-state index is 12.1. The van der Waals surface area contributed by atoms with Crippen LogP contribution in [0.25, 0.3) is 0 Å². The largest absolute Gasteiger partial charge is 0.390 e. The molecule has 0 radical (unpaired) electrons. The molecule has 0 saturated carbocycles. The third-order valence-electron chi connectivity index (χ3n) is 1.46. The van der Waals surface area contributed by atoms with E-state index in [2.05, 4.69) is 20.9 Å². The van der Waals surface area contributed by atoms with Gasteiger partial charge in [-0.2, -0.15) is 0 Å². The molecule has 2 N–H and O–H groups in total. The lowest BCUT2D eigenvalue weighted by molar-refractivity contribution is 0.145. The first-order valence-electron chi connectivity index (χ1n) is 3.37. The summed E-state index contributed by atoms with van der Waals surface area (Å²) >= 11 is 2.87. The molecule has 6 heteroatoms. The number of hydrogen-bond acceptors (Lipinski definition) is 2. The first kappa shape index (κ1) is 10.3. The van der Waals surface area contributed by atoms with Crippen molar-refractivity contribution in [2.75, 3.05) is 0 Å². The molecule has 0 aliphatic rings. The van der Waals surface area contributed by atoms with Crippen LogP contribution in [0.1, 0.15) is 17.8 Å². The Morgan fingerprint density at radius 1 is 1.62 bits per heavy atom. The Labute approximate surface area is 80.5 Å². The molecule has 0 aromatic carbocycles. The number of aliphatic hydroxyl groups is 1. The van der Waals surface area contributed by atoms with Crippen molar-refractivity contribution in [2.45, 2.75) is 13.0 Å². The van der Waals surface area contributed by atoms with Gasteiger partial charge in [-0.15, -0.1) is 0 Å². The van der Waals surface area contributed by atoms with E-state index in [0.717, 1.165) is 6.07 Å². The molecule has 3 nitrogen and oxygen atoms in total. The Morgan fingerprint density at radius 3 is 2.69 bits per heavy atom. The summed E-state index contributed by atoms with van der Waals surface area (Å²) < 4.78 is 24.3. The molecule has 0 atom stereocenters. The predicted octanol–water partition coefficient (Wildman–Crippen LogP) is 1.57. The molecule has 0 spiro atoms. The Bertz CT molecular complexity index is 364. The molecule has 0 saturated heterocycles. The molecule has 0 bridgehead atoms. The van der Waals surface area contributed by atoms with Gasteiger partial charge in [-0.05, 0) is 15.9 Å². The summed E-state index contributed by atoms with van der Waals surface area (Å²) in [5, 5.41) is 8.70. The predicted molar refractivity (Wildman–Crippen MR) is 45.6 cm³/mol. The molecule has 0 aliphatic heterocycles. The topological polar surface area (TPSA) is 53.1 Å². The number of nitrogens with one attached hydrogen (secondary N) is 1. The Kier molecular flexibility index (Phi) is 3.16. The highest BCUT2D eigenvalue weighted by Crippen LogP contribution is 2.18. The van der Waals surface area contributed by atoms with Crippen LogP contribution >= 0.6 is 15.9 Å². The minimum atomic E-state index is -2.74. The van der Waals surface area contributed by atoms with Crippen molar-refractivity contribution in [3.8, 4) is 0 Å². The molecule has 1 rings (SSSR count). The standard InChI is InChI=1S/C7H6BrF2NO2/c8-6-4(2-12)11-3(7(9)10)1-5(6)13/h1,7,12H,2H2,(H,11,13). The van der Waals surface area contributed by atoms with Gasteiger partial charge in [0.15, 0.2) is 5.43 Å². The second-order valence-electron chi connectivity index (χ2n) is 2.34. The van der Waals surface area contributed by atoms with Gasteiger partial charge in [-0.3, -0.25) is 4.79 Å². The number of rotatable bonds is 2. The van der Waals surface area contributed by atoms with Crippen LogP contribution < -0.4 is 5.43 Å². The van der Waals surface area contributed by atoms with Gasteiger partial charge in [0.1, 0.15) is 0 Å². The third-order valence-corrected chi connectivity index (χ3v) is 2.33. The first-order valence-corrected chi connectivity index (χ1v) is 4.16. The normalized spacial score (nSPS) is 10.8. The van der Waals surface area contributed by atoms with Crippen LogP contribution in [-0.4, -0.2) is 10.1 Å². The van der Waals surface area contributed by atoms with Crippen LogP contribution in [0.2, 0.25) is 0 Å². The maximum absolute atomic E-state index is 12.1. The Morgan fingerprint density at radius 2 is 2.23 bits per heavy atom. The van der Waals surface area contributed by atoms with Crippen LogP contribution in [0, 0.1) is 0 Å². The van der Waals surface area contributed by atoms with Gasteiger partial charge in [0.25, 0.3) is 6.43 Å². The van der Waals surface area contributed by atoms with E-state index in [4.69, 9.17) is 5.11 Å². The zero-order valence-electron chi connectivity index (χ0n) is 6.35. The second-order valence-corrected chi connectivity index (χ2v) is 3.13. The molecule has 0 unspecified atom stereocenters. The number of aromatic nitrogens is 1. The van der Waals surface area contributed by atoms with Gasteiger partial charge >= 0.3 is 0 Å². The highest BCUT2D eigenvalue weighted by atomic mass is 79.9. The van der Waals surface area contributed by atoms with E-state index >= 15 is 0 Å². The fraction of sp³-hybridized carbons (Fsp3) is 0.286. The lowest BCUT2D eigenvalue weighted by Gasteiger charge is -2.04. The smallest absolute Gasteiger partial charge is 0.278 e. The first-order chi connectivity index (χ1) is 6.06. The van der Waals surface area contributed by atoms with Gasteiger partial charge in [0.05, 0.1) is 22.5 Å². The van der Waals surface area contributed by atoms with Crippen LogP contribution in [-0.2, 0) is 6.61 Å². The van der Waals surface area contributed by atoms with E-state index in [0.29, 0.717) is 0 Å². The maximum Gasteiger partial charge on any atom is 0.278 e. The summed E-state index contributed by atoms with van der Waals surface area (Å²) in [5.41, 5.74) is -1.00. The number of H-pyrrole nitrogens is 1. The van der Waals surface area contributed by atoms with Crippen LogP contribution in [0.3, 0.4) is 0 Å². The average Bonchev–Trinajstić information content (AvgIpc) is 2.09. The number of aliphatic hydroxyl groups excluding tert-OH is 1. The number of hydrogen-bond donors (Lipinski definition) is 2. The zero-order chi connectivity index (χ0) is 10.0. The van der Waals surface area contributed by atoms with Crippen molar-refractivity contribution >= 4 is 15.9 Å².